The van der Waals surface area contributed by atoms with E-state index in [1.54, 1.807) is 13.0 Å². The van der Waals surface area contributed by atoms with Crippen molar-refractivity contribution in [2.45, 2.75) is 32.9 Å². The van der Waals surface area contributed by atoms with Crippen molar-refractivity contribution in [3.05, 3.63) is 23.2 Å². The third-order valence-electron chi connectivity index (χ3n) is 3.70. The van der Waals surface area contributed by atoms with E-state index >= 15 is 0 Å². The number of rotatable bonds is 3. The van der Waals surface area contributed by atoms with Gasteiger partial charge in [-0.25, -0.2) is 5.84 Å². The number of carbonyl (C=O) groups excluding carboxylic acids is 2. The van der Waals surface area contributed by atoms with Crippen LogP contribution in [0.2, 0.25) is 0 Å². The molecule has 2 amide bonds. The number of carbonyl (C=O) groups is 2. The van der Waals surface area contributed by atoms with E-state index in [-0.39, 0.29) is 11.8 Å². The van der Waals surface area contributed by atoms with Crippen LogP contribution in [0.15, 0.2) is 10.5 Å². The van der Waals surface area contributed by atoms with Crippen LogP contribution in [0.25, 0.3) is 0 Å². The van der Waals surface area contributed by atoms with Crippen molar-refractivity contribution in [2.24, 2.45) is 5.84 Å². The molecule has 1 aromatic rings. The predicted molar refractivity (Wildman–Crippen MR) is 72.6 cm³/mol. The number of nitrogen functional groups attached to an aromatic ring is 1. The fourth-order valence-electron chi connectivity index (χ4n) is 2.33. The summed E-state index contributed by atoms with van der Waals surface area (Å²) in [5, 5.41) is 2.84. The number of amides is 2. The molecule has 2 rings (SSSR count). The summed E-state index contributed by atoms with van der Waals surface area (Å²) < 4.78 is 5.58. The van der Waals surface area contributed by atoms with Gasteiger partial charge in [0.05, 0.1) is 17.6 Å². The average molecular weight is 280 g/mol. The fourth-order valence-corrected chi connectivity index (χ4v) is 2.33. The molecule has 0 bridgehead atoms. The van der Waals surface area contributed by atoms with Gasteiger partial charge in [-0.1, -0.05) is 0 Å². The highest BCUT2D eigenvalue weighted by molar-refractivity contribution is 5.94. The molecule has 4 N–H and O–H groups in total. The number of nitrogens with two attached hydrogens (primary N) is 1. The largest absolute Gasteiger partial charge is 0.464 e. The molecule has 0 atom stereocenters. The maximum absolute atomic E-state index is 11.9. The van der Waals surface area contributed by atoms with Crippen LogP contribution >= 0.6 is 0 Å². The summed E-state index contributed by atoms with van der Waals surface area (Å²) in [5.41, 5.74) is 1.90. The van der Waals surface area contributed by atoms with Crippen molar-refractivity contribution in [3.63, 3.8) is 0 Å². The number of nitrogens with zero attached hydrogens (tertiary/aromatic N) is 1. The summed E-state index contributed by atoms with van der Waals surface area (Å²) in [4.78, 5) is 25.4. The smallest absolute Gasteiger partial charge is 0.268 e. The van der Waals surface area contributed by atoms with Gasteiger partial charge in [0, 0.05) is 13.1 Å². The summed E-state index contributed by atoms with van der Waals surface area (Å²) in [6.45, 7) is 7.26. The third kappa shape index (κ3) is 2.54. The van der Waals surface area contributed by atoms with Gasteiger partial charge in [-0.2, -0.15) is 0 Å². The number of hydrazine groups is 1. The molecule has 110 valence electrons. The first-order chi connectivity index (χ1) is 9.36. The number of furan rings is 1. The van der Waals surface area contributed by atoms with Crippen LogP contribution in [0.4, 0.5) is 0 Å². The maximum atomic E-state index is 11.9. The van der Waals surface area contributed by atoms with Crippen molar-refractivity contribution >= 4 is 11.8 Å². The van der Waals surface area contributed by atoms with Gasteiger partial charge in [-0.3, -0.25) is 19.9 Å². The summed E-state index contributed by atoms with van der Waals surface area (Å²) in [6.07, 6.45) is 0. The van der Waals surface area contributed by atoms with Crippen molar-refractivity contribution in [1.82, 2.24) is 15.6 Å². The molecule has 1 fully saturated rings. The first-order valence-electron chi connectivity index (χ1n) is 6.50. The van der Waals surface area contributed by atoms with E-state index in [2.05, 4.69) is 10.7 Å². The normalized spacial score (nSPS) is 18.7. The molecule has 7 heteroatoms. The second-order valence-corrected chi connectivity index (χ2v) is 5.39. The summed E-state index contributed by atoms with van der Waals surface area (Å²) in [6, 6.07) is 1.67. The molecule has 1 saturated heterocycles. The molecule has 1 aliphatic heterocycles. The maximum Gasteiger partial charge on any atom is 0.268 e. The topological polar surface area (TPSA) is 101 Å². The van der Waals surface area contributed by atoms with Crippen molar-refractivity contribution in [1.29, 1.82) is 0 Å². The molecule has 7 nitrogen and oxygen atoms in total. The summed E-state index contributed by atoms with van der Waals surface area (Å²) in [7, 11) is 0. The second kappa shape index (κ2) is 5.26. The van der Waals surface area contributed by atoms with Crippen LogP contribution in [-0.4, -0.2) is 35.3 Å². The Morgan fingerprint density at radius 2 is 2.30 bits per heavy atom. The van der Waals surface area contributed by atoms with E-state index in [0.717, 1.165) is 6.54 Å². The number of hydrogen-bond donors (Lipinski definition) is 3. The highest BCUT2D eigenvalue weighted by Crippen LogP contribution is 2.23. The van der Waals surface area contributed by atoms with Crippen LogP contribution in [0.1, 0.15) is 35.7 Å². The molecule has 0 unspecified atom stereocenters. The zero-order chi connectivity index (χ0) is 14.9. The van der Waals surface area contributed by atoms with Gasteiger partial charge in [-0.05, 0) is 26.8 Å². The van der Waals surface area contributed by atoms with E-state index < -0.39 is 5.54 Å². The standard InChI is InChI=1S/C13H20N4O3/c1-8-10(11(18)16-14)6-9(20-8)7-17-5-4-15-12(19)13(17,2)3/h6H,4-5,7,14H2,1-3H3,(H,15,19)(H,16,18). The average Bonchev–Trinajstić information content (AvgIpc) is 2.75. The summed E-state index contributed by atoms with van der Waals surface area (Å²) >= 11 is 0. The van der Waals surface area contributed by atoms with Gasteiger partial charge >= 0.3 is 0 Å². The van der Waals surface area contributed by atoms with Crippen LogP contribution in [0.5, 0.6) is 0 Å². The molecule has 1 aromatic heterocycles. The Balaban J connectivity index is 2.18. The summed E-state index contributed by atoms with van der Waals surface area (Å²) in [5.74, 6) is 5.89. The number of piperazine rings is 1. The highest BCUT2D eigenvalue weighted by atomic mass is 16.3. The third-order valence-corrected chi connectivity index (χ3v) is 3.70. The van der Waals surface area contributed by atoms with Gasteiger partial charge in [0.2, 0.25) is 5.91 Å². The molecule has 0 saturated carbocycles. The second-order valence-electron chi connectivity index (χ2n) is 5.39. The lowest BCUT2D eigenvalue weighted by Crippen LogP contribution is -2.61. The Morgan fingerprint density at radius 3 is 2.95 bits per heavy atom. The minimum Gasteiger partial charge on any atom is -0.464 e. The SMILES string of the molecule is Cc1oc(CN2CCNC(=O)C2(C)C)cc1C(=O)NN. The lowest BCUT2D eigenvalue weighted by molar-refractivity contribution is -0.135. The molecule has 20 heavy (non-hydrogen) atoms. The van der Waals surface area contributed by atoms with E-state index in [1.165, 1.54) is 0 Å². The Bertz CT molecular complexity index is 536. The molecule has 1 aliphatic rings. The van der Waals surface area contributed by atoms with Crippen molar-refractivity contribution in [3.8, 4) is 0 Å². The Kier molecular flexibility index (Phi) is 3.82. The van der Waals surface area contributed by atoms with Gasteiger partial charge in [0.25, 0.3) is 5.91 Å². The monoisotopic (exact) mass is 280 g/mol. The predicted octanol–water partition coefficient (Wildman–Crippen LogP) is -0.0981. The molecule has 0 radical (unpaired) electrons. The molecule has 2 heterocycles. The zero-order valence-corrected chi connectivity index (χ0v) is 11.9. The van der Waals surface area contributed by atoms with Crippen LogP contribution < -0.4 is 16.6 Å². The van der Waals surface area contributed by atoms with E-state index in [9.17, 15) is 9.59 Å². The molecule has 0 aromatic carbocycles. The van der Waals surface area contributed by atoms with Crippen molar-refractivity contribution in [2.75, 3.05) is 13.1 Å². The van der Waals surface area contributed by atoms with Crippen LogP contribution in [0, 0.1) is 6.92 Å². The van der Waals surface area contributed by atoms with Gasteiger partial charge in [-0.15, -0.1) is 0 Å². The van der Waals surface area contributed by atoms with E-state index in [4.69, 9.17) is 10.3 Å². The number of hydrogen-bond acceptors (Lipinski definition) is 5. The molecular formula is C13H20N4O3. The van der Waals surface area contributed by atoms with Gasteiger partial charge in [0.1, 0.15) is 11.5 Å². The Morgan fingerprint density at radius 1 is 1.60 bits per heavy atom. The molecular weight excluding hydrogens is 260 g/mol. The Hall–Kier alpha value is -1.86. The minimum absolute atomic E-state index is 0.00745. The lowest BCUT2D eigenvalue weighted by atomic mass is 9.99. The number of nitrogens with one attached hydrogen (secondary N) is 2. The number of aryl methyl sites for hydroxylation is 1. The van der Waals surface area contributed by atoms with Crippen LogP contribution in [0.3, 0.4) is 0 Å². The van der Waals surface area contributed by atoms with Gasteiger partial charge in [0.15, 0.2) is 0 Å². The van der Waals surface area contributed by atoms with Crippen molar-refractivity contribution < 1.29 is 14.0 Å². The quantitative estimate of drug-likeness (QED) is 0.408. The first-order valence-corrected chi connectivity index (χ1v) is 6.50. The van der Waals surface area contributed by atoms with Gasteiger partial charge < -0.3 is 9.73 Å². The lowest BCUT2D eigenvalue weighted by Gasteiger charge is -2.40. The Labute approximate surface area is 117 Å². The highest BCUT2D eigenvalue weighted by Gasteiger charge is 2.37. The fraction of sp³-hybridized carbons (Fsp3) is 0.538. The molecule has 0 aliphatic carbocycles. The zero-order valence-electron chi connectivity index (χ0n) is 11.9. The van der Waals surface area contributed by atoms with E-state index in [0.29, 0.717) is 30.2 Å². The minimum atomic E-state index is -0.602. The molecule has 0 spiro atoms. The van der Waals surface area contributed by atoms with Crippen LogP contribution in [-0.2, 0) is 11.3 Å². The first kappa shape index (κ1) is 14.5. The van der Waals surface area contributed by atoms with E-state index in [1.807, 2.05) is 18.7 Å².